The molecule has 2 rings (SSSR count). The molecule has 0 radical (unpaired) electrons. The van der Waals surface area contributed by atoms with Crippen LogP contribution in [0.3, 0.4) is 0 Å². The summed E-state index contributed by atoms with van der Waals surface area (Å²) in [5, 5.41) is 3.52. The van der Waals surface area contributed by atoms with Crippen molar-refractivity contribution in [3.8, 4) is 0 Å². The van der Waals surface area contributed by atoms with E-state index in [4.69, 9.17) is 0 Å². The van der Waals surface area contributed by atoms with Gasteiger partial charge in [0, 0.05) is 12.6 Å². The van der Waals surface area contributed by atoms with E-state index in [0.29, 0.717) is 0 Å². The van der Waals surface area contributed by atoms with Crippen LogP contribution in [0.2, 0.25) is 0 Å². The van der Waals surface area contributed by atoms with Gasteiger partial charge in [-0.1, -0.05) is 0 Å². The Morgan fingerprint density at radius 3 is 2.62 bits per heavy atom. The first-order valence-electron chi connectivity index (χ1n) is 6.85. The average molecular weight is 225 g/mol. The monoisotopic (exact) mass is 225 g/mol. The quantitative estimate of drug-likeness (QED) is 0.773. The van der Waals surface area contributed by atoms with E-state index in [0.717, 1.165) is 12.0 Å². The summed E-state index contributed by atoms with van der Waals surface area (Å²) in [6.07, 6.45) is 5.50. The molecule has 1 atom stereocenters. The second-order valence-electron chi connectivity index (χ2n) is 5.69. The highest BCUT2D eigenvalue weighted by Gasteiger charge is 2.23. The van der Waals surface area contributed by atoms with Crippen molar-refractivity contribution in [2.75, 3.05) is 46.8 Å². The minimum atomic E-state index is 0.832. The Morgan fingerprint density at radius 1 is 1.25 bits per heavy atom. The van der Waals surface area contributed by atoms with E-state index in [1.807, 2.05) is 0 Å². The predicted molar refractivity (Wildman–Crippen MR) is 68.7 cm³/mol. The molecule has 2 saturated heterocycles. The molecular weight excluding hydrogens is 198 g/mol. The molecule has 94 valence electrons. The lowest BCUT2D eigenvalue weighted by atomic mass is 9.97. The first kappa shape index (κ1) is 12.3. The number of hydrogen-bond acceptors (Lipinski definition) is 3. The topological polar surface area (TPSA) is 18.5 Å². The molecule has 3 heteroatoms. The SMILES string of the molecule is CN1CCC(N(C)CC2CCCNC2)CC1. The number of nitrogens with zero attached hydrogens (tertiary/aromatic N) is 2. The van der Waals surface area contributed by atoms with Crippen LogP contribution in [0.5, 0.6) is 0 Å². The molecule has 1 unspecified atom stereocenters. The van der Waals surface area contributed by atoms with Crippen LogP contribution in [0.15, 0.2) is 0 Å². The molecule has 0 aromatic heterocycles. The summed E-state index contributed by atoms with van der Waals surface area (Å²) in [7, 11) is 4.56. The third kappa shape index (κ3) is 3.44. The molecule has 0 aromatic carbocycles. The molecule has 0 aliphatic carbocycles. The fourth-order valence-corrected chi connectivity index (χ4v) is 3.07. The summed E-state index contributed by atoms with van der Waals surface area (Å²) >= 11 is 0. The summed E-state index contributed by atoms with van der Waals surface area (Å²) in [6, 6.07) is 0.832. The van der Waals surface area contributed by atoms with Crippen LogP contribution in [0, 0.1) is 5.92 Å². The molecule has 0 bridgehead atoms. The lowest BCUT2D eigenvalue weighted by Gasteiger charge is -2.37. The maximum absolute atomic E-state index is 3.52. The number of nitrogens with one attached hydrogen (secondary N) is 1. The van der Waals surface area contributed by atoms with Gasteiger partial charge >= 0.3 is 0 Å². The Hall–Kier alpha value is -0.120. The van der Waals surface area contributed by atoms with Crippen molar-refractivity contribution in [1.82, 2.24) is 15.1 Å². The molecule has 16 heavy (non-hydrogen) atoms. The van der Waals surface area contributed by atoms with Gasteiger partial charge in [-0.25, -0.2) is 0 Å². The van der Waals surface area contributed by atoms with Crippen molar-refractivity contribution in [1.29, 1.82) is 0 Å². The molecule has 2 aliphatic heterocycles. The minimum absolute atomic E-state index is 0.832. The van der Waals surface area contributed by atoms with Crippen LogP contribution in [-0.2, 0) is 0 Å². The zero-order chi connectivity index (χ0) is 11.4. The first-order valence-corrected chi connectivity index (χ1v) is 6.85. The molecule has 2 heterocycles. The summed E-state index contributed by atoms with van der Waals surface area (Å²) in [5.74, 6) is 0.887. The number of rotatable bonds is 3. The van der Waals surface area contributed by atoms with E-state index in [1.165, 1.54) is 58.4 Å². The molecule has 2 fully saturated rings. The van der Waals surface area contributed by atoms with Gasteiger partial charge in [0.1, 0.15) is 0 Å². The van der Waals surface area contributed by atoms with Gasteiger partial charge in [0.15, 0.2) is 0 Å². The molecule has 0 spiro atoms. The highest BCUT2D eigenvalue weighted by molar-refractivity contribution is 4.79. The fraction of sp³-hybridized carbons (Fsp3) is 1.00. The average Bonchev–Trinajstić information content (AvgIpc) is 2.31. The predicted octanol–water partition coefficient (Wildman–Crippen LogP) is 1.01. The lowest BCUT2D eigenvalue weighted by Crippen LogP contribution is -2.45. The maximum atomic E-state index is 3.52. The van der Waals surface area contributed by atoms with Gasteiger partial charge < -0.3 is 15.1 Å². The van der Waals surface area contributed by atoms with Crippen LogP contribution < -0.4 is 5.32 Å². The Morgan fingerprint density at radius 2 is 2.00 bits per heavy atom. The Bertz CT molecular complexity index is 193. The zero-order valence-corrected chi connectivity index (χ0v) is 10.9. The van der Waals surface area contributed by atoms with Crippen LogP contribution >= 0.6 is 0 Å². The van der Waals surface area contributed by atoms with Crippen molar-refractivity contribution in [3.63, 3.8) is 0 Å². The van der Waals surface area contributed by atoms with Crippen molar-refractivity contribution in [2.24, 2.45) is 5.92 Å². The summed E-state index contributed by atoms with van der Waals surface area (Å²) < 4.78 is 0. The van der Waals surface area contributed by atoms with Gasteiger partial charge in [-0.2, -0.15) is 0 Å². The largest absolute Gasteiger partial charge is 0.316 e. The summed E-state index contributed by atoms with van der Waals surface area (Å²) in [6.45, 7) is 6.31. The van der Waals surface area contributed by atoms with Crippen LogP contribution in [0.25, 0.3) is 0 Å². The van der Waals surface area contributed by atoms with E-state index in [9.17, 15) is 0 Å². The lowest BCUT2D eigenvalue weighted by molar-refractivity contribution is 0.123. The van der Waals surface area contributed by atoms with Crippen molar-refractivity contribution >= 4 is 0 Å². The Balaban J connectivity index is 1.72. The third-order valence-corrected chi connectivity index (χ3v) is 4.26. The summed E-state index contributed by atoms with van der Waals surface area (Å²) in [5.41, 5.74) is 0. The first-order chi connectivity index (χ1) is 7.75. The Labute approximate surface area is 100 Å². The smallest absolute Gasteiger partial charge is 0.0117 e. The Kier molecular flexibility index (Phi) is 4.62. The van der Waals surface area contributed by atoms with Crippen molar-refractivity contribution in [3.05, 3.63) is 0 Å². The molecule has 0 saturated carbocycles. The van der Waals surface area contributed by atoms with Gasteiger partial charge in [-0.15, -0.1) is 0 Å². The summed E-state index contributed by atoms with van der Waals surface area (Å²) in [4.78, 5) is 5.07. The molecular formula is C13H27N3. The van der Waals surface area contributed by atoms with E-state index in [1.54, 1.807) is 0 Å². The van der Waals surface area contributed by atoms with E-state index in [2.05, 4.69) is 29.2 Å². The van der Waals surface area contributed by atoms with Crippen LogP contribution in [0.4, 0.5) is 0 Å². The molecule has 3 nitrogen and oxygen atoms in total. The molecule has 0 aromatic rings. The second kappa shape index (κ2) is 5.99. The van der Waals surface area contributed by atoms with Crippen molar-refractivity contribution < 1.29 is 0 Å². The number of hydrogen-bond donors (Lipinski definition) is 1. The fourth-order valence-electron chi connectivity index (χ4n) is 3.07. The van der Waals surface area contributed by atoms with Crippen LogP contribution in [-0.4, -0.2) is 62.7 Å². The van der Waals surface area contributed by atoms with Gasteiger partial charge in [0.2, 0.25) is 0 Å². The van der Waals surface area contributed by atoms with Crippen molar-refractivity contribution in [2.45, 2.75) is 31.7 Å². The molecule has 2 aliphatic rings. The minimum Gasteiger partial charge on any atom is -0.316 e. The maximum Gasteiger partial charge on any atom is 0.0117 e. The highest BCUT2D eigenvalue weighted by atomic mass is 15.2. The van der Waals surface area contributed by atoms with Gasteiger partial charge in [0.05, 0.1) is 0 Å². The van der Waals surface area contributed by atoms with E-state index >= 15 is 0 Å². The van der Waals surface area contributed by atoms with Gasteiger partial charge in [-0.05, 0) is 71.9 Å². The zero-order valence-electron chi connectivity index (χ0n) is 10.9. The molecule has 1 N–H and O–H groups in total. The van der Waals surface area contributed by atoms with Gasteiger partial charge in [-0.3, -0.25) is 0 Å². The normalized spacial score (nSPS) is 29.8. The van der Waals surface area contributed by atoms with Gasteiger partial charge in [0.25, 0.3) is 0 Å². The van der Waals surface area contributed by atoms with E-state index < -0.39 is 0 Å². The second-order valence-corrected chi connectivity index (χ2v) is 5.69. The number of likely N-dealkylation sites (tertiary alicyclic amines) is 1. The third-order valence-electron chi connectivity index (χ3n) is 4.26. The highest BCUT2D eigenvalue weighted by Crippen LogP contribution is 2.18. The standard InChI is InChI=1S/C13H27N3/c1-15-8-5-13(6-9-15)16(2)11-12-4-3-7-14-10-12/h12-14H,3-11H2,1-2H3. The molecule has 0 amide bonds. The van der Waals surface area contributed by atoms with E-state index in [-0.39, 0.29) is 0 Å². The van der Waals surface area contributed by atoms with Crippen LogP contribution in [0.1, 0.15) is 25.7 Å². The number of piperidine rings is 2.